The second kappa shape index (κ2) is 13.7. The van der Waals surface area contributed by atoms with Gasteiger partial charge in [-0.2, -0.15) is 22.0 Å². The molecule has 5 rings (SSSR count). The summed E-state index contributed by atoms with van der Waals surface area (Å²) in [6.45, 7) is -1.57. The van der Waals surface area contributed by atoms with Crippen molar-refractivity contribution in [3.05, 3.63) is 137 Å². The molecule has 3 N–H and O–H groups in total. The van der Waals surface area contributed by atoms with Gasteiger partial charge in [-0.05, 0) is 59.7 Å². The highest BCUT2D eigenvalue weighted by Gasteiger charge is 2.57. The number of aliphatic hydroxyl groups is 1. The molecule has 1 unspecified atom stereocenters. The van der Waals surface area contributed by atoms with E-state index in [2.05, 4.69) is 32.5 Å². The minimum atomic E-state index is -4.27. The van der Waals surface area contributed by atoms with Gasteiger partial charge in [0.15, 0.2) is 5.60 Å². The van der Waals surface area contributed by atoms with E-state index in [4.69, 9.17) is 4.74 Å². The number of ether oxygens (including phenoxy) is 1. The Morgan fingerprint density at radius 1 is 0.851 bits per heavy atom. The Kier molecular flexibility index (Phi) is 9.69. The van der Waals surface area contributed by atoms with Crippen LogP contribution in [0.2, 0.25) is 0 Å². The third-order valence-electron chi connectivity index (χ3n) is 7.05. The molecular weight excluding hydrogens is 631 g/mol. The van der Waals surface area contributed by atoms with E-state index in [1.807, 2.05) is 0 Å². The molecular formula is C33H26F7N5O2. The van der Waals surface area contributed by atoms with Crippen LogP contribution >= 0.6 is 0 Å². The fraction of sp³-hybridized carbons (Fsp3) is 0.212. The molecule has 0 aliphatic heterocycles. The Bertz CT molecular complexity index is 1830. The Balaban J connectivity index is 1.21. The van der Waals surface area contributed by atoms with Gasteiger partial charge in [-0.25, -0.2) is 14.0 Å². The van der Waals surface area contributed by atoms with Gasteiger partial charge >= 0.3 is 12.1 Å². The summed E-state index contributed by atoms with van der Waals surface area (Å²) < 4.78 is 103. The number of nitrogens with one attached hydrogen (secondary N) is 2. The number of aromatic amines is 1. The van der Waals surface area contributed by atoms with Gasteiger partial charge in [0.2, 0.25) is 0 Å². The molecule has 0 fully saturated rings. The van der Waals surface area contributed by atoms with Gasteiger partial charge in [-0.1, -0.05) is 36.1 Å². The lowest BCUT2D eigenvalue weighted by molar-refractivity contribution is -0.208. The third-order valence-corrected chi connectivity index (χ3v) is 7.05. The minimum absolute atomic E-state index is 0.0881. The van der Waals surface area contributed by atoms with E-state index in [1.54, 1.807) is 48.5 Å². The first-order valence-corrected chi connectivity index (χ1v) is 14.0. The maximum atomic E-state index is 15.8. The van der Waals surface area contributed by atoms with Crippen molar-refractivity contribution in [3.63, 3.8) is 0 Å². The van der Waals surface area contributed by atoms with Crippen molar-refractivity contribution in [1.82, 2.24) is 25.3 Å². The van der Waals surface area contributed by atoms with Crippen LogP contribution in [0.15, 0.2) is 91.4 Å². The van der Waals surface area contributed by atoms with Crippen LogP contribution in [0.25, 0.3) is 0 Å². The number of benzene rings is 3. The number of nitrogens with zero attached hydrogens (tertiary/aromatic N) is 3. The average Bonchev–Trinajstić information content (AvgIpc) is 3.01. The molecule has 5 aromatic rings. The van der Waals surface area contributed by atoms with Crippen LogP contribution in [0.5, 0.6) is 5.75 Å². The van der Waals surface area contributed by atoms with Crippen molar-refractivity contribution >= 4 is 0 Å². The molecule has 244 valence electrons. The Labute approximate surface area is 264 Å². The molecule has 0 radical (unpaired) electrons. The predicted octanol–water partition coefficient (Wildman–Crippen LogP) is 6.19. The molecule has 2 aromatic heterocycles. The summed E-state index contributed by atoms with van der Waals surface area (Å²) in [5.74, 6) is -0.223. The summed E-state index contributed by atoms with van der Waals surface area (Å²) in [5, 5.41) is 19.4. The van der Waals surface area contributed by atoms with Crippen LogP contribution in [0, 0.1) is 23.5 Å². The zero-order chi connectivity index (χ0) is 33.7. The molecule has 0 saturated heterocycles. The Morgan fingerprint density at radius 2 is 1.51 bits per heavy atom. The topological polar surface area (TPSA) is 88.0 Å². The molecule has 7 nitrogen and oxygen atoms in total. The summed E-state index contributed by atoms with van der Waals surface area (Å²) in [7, 11) is 0. The van der Waals surface area contributed by atoms with E-state index in [0.717, 1.165) is 41.0 Å². The molecule has 0 bridgehead atoms. The fourth-order valence-electron chi connectivity index (χ4n) is 4.55. The van der Waals surface area contributed by atoms with E-state index >= 15 is 8.78 Å². The maximum Gasteiger partial charge on any atom is 0.401 e. The van der Waals surface area contributed by atoms with Crippen molar-refractivity contribution < 1.29 is 40.6 Å². The van der Waals surface area contributed by atoms with Gasteiger partial charge in [0.1, 0.15) is 36.0 Å². The van der Waals surface area contributed by atoms with Crippen molar-refractivity contribution in [2.45, 2.75) is 37.4 Å². The zero-order valence-corrected chi connectivity index (χ0v) is 24.3. The summed E-state index contributed by atoms with van der Waals surface area (Å²) >= 11 is 0. The Morgan fingerprint density at radius 3 is 2.11 bits per heavy atom. The first-order valence-electron chi connectivity index (χ1n) is 14.0. The number of hydrogen-bond acceptors (Lipinski definition) is 5. The SMILES string of the molecule is OC(Cn1cn[nH]1)(c1ccc(F)cc1F)C(F)(F)c1ccc(C#Cc2ccc(OCc3ccc(CNCC(F)(F)F)cc3)cc2)cn1. The number of rotatable bonds is 11. The molecule has 3 aromatic carbocycles. The van der Waals surface area contributed by atoms with Crippen molar-refractivity contribution in [2.75, 3.05) is 6.54 Å². The molecule has 0 aliphatic rings. The lowest BCUT2D eigenvalue weighted by atomic mass is 9.84. The van der Waals surface area contributed by atoms with Crippen molar-refractivity contribution in [2.24, 2.45) is 0 Å². The van der Waals surface area contributed by atoms with Gasteiger partial charge < -0.3 is 15.2 Å². The molecule has 0 aliphatic carbocycles. The summed E-state index contributed by atoms with van der Waals surface area (Å²) in [4.78, 5) is 3.80. The van der Waals surface area contributed by atoms with Crippen molar-refractivity contribution in [3.8, 4) is 17.6 Å². The van der Waals surface area contributed by atoms with Crippen LogP contribution < -0.4 is 10.1 Å². The lowest BCUT2D eigenvalue weighted by Crippen LogP contribution is -2.48. The van der Waals surface area contributed by atoms with E-state index in [-0.39, 0.29) is 18.7 Å². The smallest absolute Gasteiger partial charge is 0.401 e. The minimum Gasteiger partial charge on any atom is -0.489 e. The van der Waals surface area contributed by atoms with E-state index in [0.29, 0.717) is 22.9 Å². The second-order valence-electron chi connectivity index (χ2n) is 10.6. The molecule has 0 spiro atoms. The first-order chi connectivity index (χ1) is 22.3. The zero-order valence-electron chi connectivity index (χ0n) is 24.3. The predicted molar refractivity (Wildman–Crippen MR) is 156 cm³/mol. The van der Waals surface area contributed by atoms with Gasteiger partial charge in [0.25, 0.3) is 0 Å². The molecule has 47 heavy (non-hydrogen) atoms. The van der Waals surface area contributed by atoms with E-state index in [9.17, 15) is 27.1 Å². The molecule has 2 heterocycles. The largest absolute Gasteiger partial charge is 0.489 e. The number of hydrogen-bond donors (Lipinski definition) is 3. The summed E-state index contributed by atoms with van der Waals surface area (Å²) in [5.41, 5.74) is -2.44. The molecule has 1 atom stereocenters. The quantitative estimate of drug-likeness (QED) is 0.117. The molecule has 14 heteroatoms. The van der Waals surface area contributed by atoms with Gasteiger partial charge in [0.05, 0.1) is 13.1 Å². The van der Waals surface area contributed by atoms with Gasteiger partial charge in [-0.15, -0.1) is 5.10 Å². The monoisotopic (exact) mass is 657 g/mol. The fourth-order valence-corrected chi connectivity index (χ4v) is 4.55. The molecule has 0 saturated carbocycles. The number of alkyl halides is 5. The summed E-state index contributed by atoms with van der Waals surface area (Å²) in [6.07, 6.45) is -2.05. The highest BCUT2D eigenvalue weighted by molar-refractivity contribution is 5.44. The lowest BCUT2D eigenvalue weighted by Gasteiger charge is -2.36. The molecule has 0 amide bonds. The number of pyridine rings is 1. The first kappa shape index (κ1) is 33.2. The second-order valence-corrected chi connectivity index (χ2v) is 10.6. The van der Waals surface area contributed by atoms with Crippen LogP contribution in [-0.2, 0) is 31.2 Å². The average molecular weight is 658 g/mol. The maximum absolute atomic E-state index is 15.8. The van der Waals surface area contributed by atoms with Gasteiger partial charge in [0, 0.05) is 35.5 Å². The number of H-pyrrole nitrogens is 1. The van der Waals surface area contributed by atoms with Crippen LogP contribution in [0.4, 0.5) is 30.7 Å². The normalized spacial score (nSPS) is 13.1. The number of halogens is 7. The standard InChI is InChI=1S/C33H26F7N5O2/c34-26-10-13-28(29(35)15-26)31(46,20-45-21-43-44-45)33(39,40)30-14-9-24(17-42-30)2-1-22-7-11-27(12-8-22)47-18-25-5-3-23(4-6-25)16-41-19-32(36,37)38/h3-15,17,21,41,44,46H,16,18-20H2. The van der Waals surface area contributed by atoms with Crippen LogP contribution in [-0.4, -0.2) is 37.8 Å². The Hall–Kier alpha value is -5.13. The van der Waals surface area contributed by atoms with Crippen molar-refractivity contribution in [1.29, 1.82) is 0 Å². The van der Waals surface area contributed by atoms with Crippen LogP contribution in [0.3, 0.4) is 0 Å². The van der Waals surface area contributed by atoms with E-state index < -0.39 is 53.7 Å². The summed E-state index contributed by atoms with van der Waals surface area (Å²) in [6, 6.07) is 17.9. The third kappa shape index (κ3) is 8.18. The highest BCUT2D eigenvalue weighted by atomic mass is 19.4. The highest BCUT2D eigenvalue weighted by Crippen LogP contribution is 2.46. The number of aromatic nitrogens is 4. The van der Waals surface area contributed by atoms with E-state index in [1.165, 1.54) is 6.07 Å². The van der Waals surface area contributed by atoms with Crippen LogP contribution in [0.1, 0.15) is 33.5 Å². The van der Waals surface area contributed by atoms with Gasteiger partial charge in [-0.3, -0.25) is 9.67 Å².